The predicted molar refractivity (Wildman–Crippen MR) is 80.1 cm³/mol. The van der Waals surface area contributed by atoms with Crippen LogP contribution in [-0.4, -0.2) is 45.8 Å². The zero-order valence-corrected chi connectivity index (χ0v) is 12.2. The Hall–Kier alpha value is -1.85. The first-order chi connectivity index (χ1) is 10.2. The molecule has 0 saturated carbocycles. The average molecular weight is 306 g/mol. The van der Waals surface area contributed by atoms with Crippen molar-refractivity contribution in [2.24, 2.45) is 5.92 Å². The van der Waals surface area contributed by atoms with E-state index in [0.29, 0.717) is 29.4 Å². The molecule has 1 aliphatic rings. The maximum atomic E-state index is 12.6. The Morgan fingerprint density at radius 1 is 1.48 bits per heavy atom. The summed E-state index contributed by atoms with van der Waals surface area (Å²) in [5.74, 6) is 0.0965. The van der Waals surface area contributed by atoms with Crippen molar-refractivity contribution in [2.45, 2.75) is 6.42 Å². The Morgan fingerprint density at radius 2 is 2.29 bits per heavy atom. The second-order valence-corrected chi connectivity index (χ2v) is 5.63. The number of amides is 1. The van der Waals surface area contributed by atoms with E-state index in [0.717, 1.165) is 12.0 Å². The molecule has 1 saturated heterocycles. The number of benzene rings is 1. The fourth-order valence-corrected chi connectivity index (χ4v) is 2.88. The average Bonchev–Trinajstić information content (AvgIpc) is 3.16. The summed E-state index contributed by atoms with van der Waals surface area (Å²) in [6.45, 7) is 1.37. The lowest BCUT2D eigenvalue weighted by atomic mass is 10.1. The molecule has 6 heteroatoms. The highest BCUT2D eigenvalue weighted by Gasteiger charge is 2.28. The smallest absolute Gasteiger partial charge is 0.257 e. The summed E-state index contributed by atoms with van der Waals surface area (Å²) in [5, 5.41) is 16.6. The second-order valence-electron chi connectivity index (χ2n) is 5.23. The highest BCUT2D eigenvalue weighted by molar-refractivity contribution is 6.33. The van der Waals surface area contributed by atoms with Crippen LogP contribution in [0.25, 0.3) is 11.3 Å². The fourth-order valence-electron chi connectivity index (χ4n) is 2.65. The van der Waals surface area contributed by atoms with E-state index in [4.69, 9.17) is 11.6 Å². The highest BCUT2D eigenvalue weighted by atomic mass is 35.5. The summed E-state index contributed by atoms with van der Waals surface area (Å²) in [5.41, 5.74) is 1.91. The summed E-state index contributed by atoms with van der Waals surface area (Å²) >= 11 is 6.19. The first kappa shape index (κ1) is 14.1. The van der Waals surface area contributed by atoms with Crippen molar-refractivity contribution in [3.05, 3.63) is 41.0 Å². The molecule has 0 bridgehead atoms. The number of aromatic amines is 1. The standard InChI is InChI=1S/C15H16ClN3O2/c16-13-4-2-1-3-11(13)14-12(7-17-18-14)15(21)19-6-5-10(8-19)9-20/h1-4,7,10,20H,5-6,8-9H2,(H,17,18). The van der Waals surface area contributed by atoms with Crippen LogP contribution >= 0.6 is 11.6 Å². The van der Waals surface area contributed by atoms with Crippen LogP contribution < -0.4 is 0 Å². The number of likely N-dealkylation sites (tertiary alicyclic amines) is 1. The first-order valence-electron chi connectivity index (χ1n) is 6.89. The molecule has 1 fully saturated rings. The van der Waals surface area contributed by atoms with Crippen molar-refractivity contribution < 1.29 is 9.90 Å². The Labute approximate surface area is 127 Å². The monoisotopic (exact) mass is 305 g/mol. The molecule has 3 rings (SSSR count). The van der Waals surface area contributed by atoms with Crippen LogP contribution in [0.4, 0.5) is 0 Å². The van der Waals surface area contributed by atoms with Crippen LogP contribution in [0.1, 0.15) is 16.8 Å². The molecule has 1 atom stereocenters. The third-order valence-corrected chi connectivity index (χ3v) is 4.17. The van der Waals surface area contributed by atoms with Crippen LogP contribution in [0.15, 0.2) is 30.5 Å². The Morgan fingerprint density at radius 3 is 3.00 bits per heavy atom. The summed E-state index contributed by atoms with van der Waals surface area (Å²) in [7, 11) is 0. The maximum Gasteiger partial charge on any atom is 0.257 e. The molecule has 110 valence electrons. The van der Waals surface area contributed by atoms with Gasteiger partial charge in [-0.05, 0) is 12.5 Å². The van der Waals surface area contributed by atoms with Gasteiger partial charge in [-0.2, -0.15) is 5.10 Å². The Bertz CT molecular complexity index is 656. The molecule has 1 aromatic heterocycles. The van der Waals surface area contributed by atoms with Gasteiger partial charge in [0, 0.05) is 36.2 Å². The van der Waals surface area contributed by atoms with Gasteiger partial charge in [-0.3, -0.25) is 9.89 Å². The van der Waals surface area contributed by atoms with Gasteiger partial charge in [-0.15, -0.1) is 0 Å². The molecule has 0 aliphatic carbocycles. The number of aliphatic hydroxyl groups is 1. The number of aliphatic hydroxyl groups excluding tert-OH is 1. The molecule has 1 aromatic carbocycles. The number of H-pyrrole nitrogens is 1. The van der Waals surface area contributed by atoms with E-state index in [-0.39, 0.29) is 18.4 Å². The molecule has 2 heterocycles. The zero-order valence-electron chi connectivity index (χ0n) is 11.4. The van der Waals surface area contributed by atoms with E-state index < -0.39 is 0 Å². The fraction of sp³-hybridized carbons (Fsp3) is 0.333. The minimum absolute atomic E-state index is 0.0744. The van der Waals surface area contributed by atoms with E-state index >= 15 is 0 Å². The van der Waals surface area contributed by atoms with Gasteiger partial charge >= 0.3 is 0 Å². The summed E-state index contributed by atoms with van der Waals surface area (Å²) in [6.07, 6.45) is 2.37. The number of hydrogen-bond donors (Lipinski definition) is 2. The van der Waals surface area contributed by atoms with Gasteiger partial charge in [-0.1, -0.05) is 29.8 Å². The Balaban J connectivity index is 1.89. The third kappa shape index (κ3) is 2.66. The summed E-state index contributed by atoms with van der Waals surface area (Å²) in [6, 6.07) is 7.35. The number of nitrogens with one attached hydrogen (secondary N) is 1. The van der Waals surface area contributed by atoms with E-state index in [9.17, 15) is 9.90 Å². The van der Waals surface area contributed by atoms with Gasteiger partial charge in [0.1, 0.15) is 0 Å². The number of carbonyl (C=O) groups is 1. The largest absolute Gasteiger partial charge is 0.396 e. The third-order valence-electron chi connectivity index (χ3n) is 3.84. The topological polar surface area (TPSA) is 69.2 Å². The molecule has 5 nitrogen and oxygen atoms in total. The van der Waals surface area contributed by atoms with Gasteiger partial charge in [0.25, 0.3) is 5.91 Å². The minimum Gasteiger partial charge on any atom is -0.396 e. The second kappa shape index (κ2) is 5.87. The lowest BCUT2D eigenvalue weighted by molar-refractivity contribution is 0.0782. The minimum atomic E-state index is -0.0744. The maximum absolute atomic E-state index is 12.6. The molecule has 21 heavy (non-hydrogen) atoms. The van der Waals surface area contributed by atoms with Crippen molar-refractivity contribution in [1.29, 1.82) is 0 Å². The van der Waals surface area contributed by atoms with Gasteiger partial charge in [-0.25, -0.2) is 0 Å². The molecular formula is C15H16ClN3O2. The number of rotatable bonds is 3. The number of halogens is 1. The number of hydrogen-bond acceptors (Lipinski definition) is 3. The lowest BCUT2D eigenvalue weighted by Crippen LogP contribution is -2.29. The molecule has 1 unspecified atom stereocenters. The summed E-state index contributed by atoms with van der Waals surface area (Å²) < 4.78 is 0. The molecule has 1 aliphatic heterocycles. The van der Waals surface area contributed by atoms with Gasteiger partial charge < -0.3 is 10.0 Å². The number of carbonyl (C=O) groups excluding carboxylic acids is 1. The lowest BCUT2D eigenvalue weighted by Gasteiger charge is -2.16. The zero-order chi connectivity index (χ0) is 14.8. The molecule has 2 aromatic rings. The SMILES string of the molecule is O=C(c1cn[nH]c1-c1ccccc1Cl)N1CCC(CO)C1. The van der Waals surface area contributed by atoms with Crippen molar-refractivity contribution in [1.82, 2.24) is 15.1 Å². The molecular weight excluding hydrogens is 290 g/mol. The summed E-state index contributed by atoms with van der Waals surface area (Å²) in [4.78, 5) is 14.4. The number of aromatic nitrogens is 2. The molecule has 0 spiro atoms. The molecule has 2 N–H and O–H groups in total. The quantitative estimate of drug-likeness (QED) is 0.913. The van der Waals surface area contributed by atoms with Gasteiger partial charge in [0.15, 0.2) is 0 Å². The van der Waals surface area contributed by atoms with Gasteiger partial charge in [0.05, 0.1) is 17.5 Å². The van der Waals surface area contributed by atoms with Crippen molar-refractivity contribution in [3.8, 4) is 11.3 Å². The van der Waals surface area contributed by atoms with Crippen LogP contribution in [-0.2, 0) is 0 Å². The van der Waals surface area contributed by atoms with E-state index in [2.05, 4.69) is 10.2 Å². The van der Waals surface area contributed by atoms with Crippen LogP contribution in [0, 0.1) is 5.92 Å². The predicted octanol–water partition coefficient (Wildman–Crippen LogP) is 2.18. The van der Waals surface area contributed by atoms with E-state index in [1.54, 1.807) is 11.0 Å². The van der Waals surface area contributed by atoms with Crippen LogP contribution in [0.3, 0.4) is 0 Å². The first-order valence-corrected chi connectivity index (χ1v) is 7.27. The van der Waals surface area contributed by atoms with Crippen molar-refractivity contribution in [3.63, 3.8) is 0 Å². The number of nitrogens with zero attached hydrogens (tertiary/aromatic N) is 2. The molecule has 1 amide bonds. The van der Waals surface area contributed by atoms with Crippen molar-refractivity contribution in [2.75, 3.05) is 19.7 Å². The molecule has 0 radical (unpaired) electrons. The highest BCUT2D eigenvalue weighted by Crippen LogP contribution is 2.30. The van der Waals surface area contributed by atoms with E-state index in [1.807, 2.05) is 18.2 Å². The van der Waals surface area contributed by atoms with Crippen molar-refractivity contribution >= 4 is 17.5 Å². The van der Waals surface area contributed by atoms with Crippen LogP contribution in [0.5, 0.6) is 0 Å². The van der Waals surface area contributed by atoms with E-state index in [1.165, 1.54) is 6.20 Å². The van der Waals surface area contributed by atoms with Crippen LogP contribution in [0.2, 0.25) is 5.02 Å². The normalized spacial score (nSPS) is 18.2. The van der Waals surface area contributed by atoms with Gasteiger partial charge in [0.2, 0.25) is 0 Å². The Kier molecular flexibility index (Phi) is 3.94.